The number of hydrogen-bond donors (Lipinski definition) is 1. The van der Waals surface area contributed by atoms with Crippen molar-refractivity contribution in [1.82, 2.24) is 9.80 Å². The average Bonchev–Trinajstić information content (AvgIpc) is 3.37. The molecule has 2 saturated carbocycles. The normalized spacial score (nSPS) is 28.7. The van der Waals surface area contributed by atoms with Gasteiger partial charge in [0.2, 0.25) is 0 Å². The highest BCUT2D eigenvalue weighted by atomic mass is 32.2. The molecule has 3 fully saturated rings. The van der Waals surface area contributed by atoms with E-state index in [0.29, 0.717) is 17.7 Å². The highest BCUT2D eigenvalue weighted by molar-refractivity contribution is 8.00. The van der Waals surface area contributed by atoms with Crippen molar-refractivity contribution in [1.29, 1.82) is 0 Å². The van der Waals surface area contributed by atoms with Crippen LogP contribution in [0.2, 0.25) is 0 Å². The number of thioether (sulfide) groups is 1. The topological polar surface area (TPSA) is 60.9 Å². The van der Waals surface area contributed by atoms with Crippen molar-refractivity contribution in [2.45, 2.75) is 62.9 Å². The molecule has 0 aromatic heterocycles. The van der Waals surface area contributed by atoms with E-state index in [1.165, 1.54) is 0 Å². The van der Waals surface area contributed by atoms with Gasteiger partial charge in [0.05, 0.1) is 5.37 Å². The molecule has 21 heavy (non-hydrogen) atoms. The Kier molecular flexibility index (Phi) is 4.33. The number of urea groups is 1. The first-order valence-electron chi connectivity index (χ1n) is 8.06. The quantitative estimate of drug-likeness (QED) is 0.819. The number of amides is 2. The van der Waals surface area contributed by atoms with Gasteiger partial charge in [0, 0.05) is 18.3 Å². The molecule has 0 spiro atoms. The minimum atomic E-state index is -0.856. The molecule has 0 radical (unpaired) electrons. The maximum Gasteiger partial charge on any atom is 0.327 e. The van der Waals surface area contributed by atoms with Crippen molar-refractivity contribution in [3.05, 3.63) is 0 Å². The number of unbranched alkanes of at least 4 members (excludes halogenated alkanes) is 1. The molecule has 1 aliphatic heterocycles. The third-order valence-corrected chi connectivity index (χ3v) is 6.01. The predicted molar refractivity (Wildman–Crippen MR) is 82.3 cm³/mol. The van der Waals surface area contributed by atoms with E-state index in [1.54, 1.807) is 16.7 Å². The van der Waals surface area contributed by atoms with Crippen molar-refractivity contribution >= 4 is 23.8 Å². The van der Waals surface area contributed by atoms with Gasteiger partial charge in [-0.25, -0.2) is 9.59 Å². The van der Waals surface area contributed by atoms with Crippen molar-refractivity contribution < 1.29 is 14.7 Å². The van der Waals surface area contributed by atoms with Gasteiger partial charge in [0.15, 0.2) is 0 Å². The first kappa shape index (κ1) is 15.0. The van der Waals surface area contributed by atoms with Gasteiger partial charge in [0.1, 0.15) is 6.04 Å². The van der Waals surface area contributed by atoms with Gasteiger partial charge >= 0.3 is 12.0 Å². The molecule has 1 saturated heterocycles. The van der Waals surface area contributed by atoms with Gasteiger partial charge in [-0.1, -0.05) is 13.3 Å². The molecule has 6 heteroatoms. The summed E-state index contributed by atoms with van der Waals surface area (Å²) in [6, 6.07) is -0.319. The van der Waals surface area contributed by atoms with Gasteiger partial charge in [-0.15, -0.1) is 11.8 Å². The van der Waals surface area contributed by atoms with Gasteiger partial charge in [0.25, 0.3) is 0 Å². The van der Waals surface area contributed by atoms with E-state index in [1.807, 2.05) is 4.90 Å². The maximum absolute atomic E-state index is 13.0. The van der Waals surface area contributed by atoms with Crippen LogP contribution in [0.3, 0.4) is 0 Å². The minimum Gasteiger partial charge on any atom is -0.480 e. The fourth-order valence-corrected chi connectivity index (χ4v) is 4.63. The summed E-state index contributed by atoms with van der Waals surface area (Å²) in [7, 11) is 0. The second kappa shape index (κ2) is 6.07. The number of nitrogens with zero attached hydrogens (tertiary/aromatic N) is 2. The number of carboxylic acids is 1. The molecule has 118 valence electrons. The van der Waals surface area contributed by atoms with Crippen LogP contribution < -0.4 is 0 Å². The molecular weight excluding hydrogens is 288 g/mol. The summed E-state index contributed by atoms with van der Waals surface area (Å²) in [5, 5.41) is 9.52. The predicted octanol–water partition coefficient (Wildman–Crippen LogP) is 2.61. The number of carbonyl (C=O) groups is 2. The Morgan fingerprint density at radius 1 is 1.29 bits per heavy atom. The Morgan fingerprint density at radius 2 is 2.00 bits per heavy atom. The zero-order valence-corrected chi connectivity index (χ0v) is 13.3. The summed E-state index contributed by atoms with van der Waals surface area (Å²) in [5.41, 5.74) is 0. The fraction of sp³-hybridized carbons (Fsp3) is 0.867. The van der Waals surface area contributed by atoms with Crippen LogP contribution >= 0.6 is 11.8 Å². The smallest absolute Gasteiger partial charge is 0.327 e. The van der Waals surface area contributed by atoms with Crippen LogP contribution in [-0.4, -0.2) is 56.7 Å². The van der Waals surface area contributed by atoms with Crippen LogP contribution in [0.5, 0.6) is 0 Å². The van der Waals surface area contributed by atoms with E-state index in [-0.39, 0.29) is 11.4 Å². The summed E-state index contributed by atoms with van der Waals surface area (Å²) in [6.07, 6.45) is 6.46. The lowest BCUT2D eigenvalue weighted by Gasteiger charge is -2.33. The zero-order valence-electron chi connectivity index (χ0n) is 12.5. The first-order chi connectivity index (χ1) is 10.1. The van der Waals surface area contributed by atoms with Crippen LogP contribution in [0, 0.1) is 5.92 Å². The largest absolute Gasteiger partial charge is 0.480 e. The second-order valence-electron chi connectivity index (χ2n) is 6.38. The highest BCUT2D eigenvalue weighted by Crippen LogP contribution is 2.46. The van der Waals surface area contributed by atoms with E-state index in [2.05, 4.69) is 6.92 Å². The van der Waals surface area contributed by atoms with Crippen molar-refractivity contribution in [2.75, 3.05) is 12.3 Å². The third kappa shape index (κ3) is 3.15. The lowest BCUT2D eigenvalue weighted by atomic mass is 10.2. The van der Waals surface area contributed by atoms with Crippen LogP contribution in [-0.2, 0) is 4.79 Å². The molecule has 0 aromatic carbocycles. The second-order valence-corrected chi connectivity index (χ2v) is 7.53. The van der Waals surface area contributed by atoms with E-state index in [4.69, 9.17) is 0 Å². The Hall–Kier alpha value is -0.910. The molecule has 2 atom stereocenters. The highest BCUT2D eigenvalue weighted by Gasteiger charge is 2.50. The molecule has 2 unspecified atom stereocenters. The Bertz CT molecular complexity index is 423. The monoisotopic (exact) mass is 312 g/mol. The summed E-state index contributed by atoms with van der Waals surface area (Å²) in [4.78, 5) is 28.1. The molecule has 2 aliphatic carbocycles. The Morgan fingerprint density at radius 3 is 2.52 bits per heavy atom. The van der Waals surface area contributed by atoms with Gasteiger partial charge in [-0.3, -0.25) is 4.90 Å². The SMILES string of the molecule is CCCCN(C(=O)N1C(C(=O)O)CSC1C1CC1)C1CC1. The Labute approximate surface area is 130 Å². The van der Waals surface area contributed by atoms with Crippen LogP contribution in [0.25, 0.3) is 0 Å². The van der Waals surface area contributed by atoms with Gasteiger partial charge < -0.3 is 10.0 Å². The average molecular weight is 312 g/mol. The first-order valence-corrected chi connectivity index (χ1v) is 9.11. The van der Waals surface area contributed by atoms with E-state index in [9.17, 15) is 14.7 Å². The van der Waals surface area contributed by atoms with Gasteiger partial charge in [-0.2, -0.15) is 0 Å². The van der Waals surface area contributed by atoms with Crippen LogP contribution in [0.1, 0.15) is 45.4 Å². The summed E-state index contributed by atoms with van der Waals surface area (Å²) in [5.74, 6) is 0.190. The van der Waals surface area contributed by atoms with E-state index in [0.717, 1.165) is 45.1 Å². The van der Waals surface area contributed by atoms with Crippen LogP contribution in [0.4, 0.5) is 4.79 Å². The number of carbonyl (C=O) groups excluding carboxylic acids is 1. The molecule has 1 N–H and O–H groups in total. The summed E-state index contributed by atoms with van der Waals surface area (Å²) < 4.78 is 0. The number of hydrogen-bond acceptors (Lipinski definition) is 3. The van der Waals surface area contributed by atoms with E-state index < -0.39 is 12.0 Å². The molecule has 2 amide bonds. The zero-order chi connectivity index (χ0) is 15.0. The minimum absolute atomic E-state index is 0.0275. The summed E-state index contributed by atoms with van der Waals surface area (Å²) >= 11 is 1.66. The van der Waals surface area contributed by atoms with Crippen molar-refractivity contribution in [3.63, 3.8) is 0 Å². The lowest BCUT2D eigenvalue weighted by molar-refractivity contribution is -0.141. The molecular formula is C15H24N2O3S. The third-order valence-electron chi connectivity index (χ3n) is 4.55. The molecule has 1 heterocycles. The van der Waals surface area contributed by atoms with E-state index >= 15 is 0 Å². The number of aliphatic carboxylic acids is 1. The fourth-order valence-electron chi connectivity index (χ4n) is 3.00. The Balaban J connectivity index is 1.75. The van der Waals surface area contributed by atoms with Crippen molar-refractivity contribution in [3.8, 4) is 0 Å². The standard InChI is InChI=1S/C15H24N2O3S/c1-2-3-8-16(11-6-7-11)15(20)17-12(14(18)19)9-21-13(17)10-4-5-10/h10-13H,2-9H2,1H3,(H,18,19). The van der Waals surface area contributed by atoms with Crippen LogP contribution in [0.15, 0.2) is 0 Å². The summed E-state index contributed by atoms with van der Waals surface area (Å²) in [6.45, 7) is 2.89. The lowest BCUT2D eigenvalue weighted by Crippen LogP contribution is -2.53. The van der Waals surface area contributed by atoms with Crippen molar-refractivity contribution in [2.24, 2.45) is 5.92 Å². The molecule has 0 aromatic rings. The van der Waals surface area contributed by atoms with Gasteiger partial charge in [-0.05, 0) is 38.0 Å². The molecule has 0 bridgehead atoms. The number of carboxylic acid groups (broad SMARTS) is 1. The number of rotatable bonds is 6. The maximum atomic E-state index is 13.0. The molecule has 5 nitrogen and oxygen atoms in total. The molecule has 3 rings (SSSR count). The molecule has 3 aliphatic rings.